The van der Waals surface area contributed by atoms with Gasteiger partial charge in [0.05, 0.1) is 4.90 Å². The molecule has 5 heteroatoms. The fourth-order valence-electron chi connectivity index (χ4n) is 3.01. The zero-order chi connectivity index (χ0) is 15.0. The highest BCUT2D eigenvalue weighted by Crippen LogP contribution is 2.33. The minimum atomic E-state index is -3.48. The third kappa shape index (κ3) is 2.56. The minimum absolute atomic E-state index is 0.0539. The first kappa shape index (κ1) is 14.8. The van der Waals surface area contributed by atoms with Crippen LogP contribution in [0.1, 0.15) is 26.2 Å². The van der Waals surface area contributed by atoms with Gasteiger partial charge in [0.2, 0.25) is 10.0 Å². The second-order valence-corrected chi connectivity index (χ2v) is 7.82. The standard InChI is InChI=1S/C16H18ClNO2S/c1-12-6-4-5-11-18(12)21(19,20)16-10-9-15(17)13-7-2-3-8-14(13)16/h2-3,7-10,12H,4-6,11H2,1H3/t12-/m0/s1. The van der Waals surface area contributed by atoms with Gasteiger partial charge < -0.3 is 0 Å². The Kier molecular flexibility index (Phi) is 3.95. The number of fused-ring (bicyclic) bond motifs is 1. The van der Waals surface area contributed by atoms with Crippen LogP contribution >= 0.6 is 11.6 Å². The number of piperidine rings is 1. The lowest BCUT2D eigenvalue weighted by Crippen LogP contribution is -2.41. The summed E-state index contributed by atoms with van der Waals surface area (Å²) in [5.41, 5.74) is 0. The van der Waals surface area contributed by atoms with Gasteiger partial charge in [0.25, 0.3) is 0 Å². The summed E-state index contributed by atoms with van der Waals surface area (Å²) in [5.74, 6) is 0. The van der Waals surface area contributed by atoms with Crippen LogP contribution in [0.15, 0.2) is 41.3 Å². The normalized spacial score (nSPS) is 20.8. The third-order valence-electron chi connectivity index (χ3n) is 4.16. The Hall–Kier alpha value is -1.10. The van der Waals surface area contributed by atoms with Gasteiger partial charge in [-0.3, -0.25) is 0 Å². The van der Waals surface area contributed by atoms with Gasteiger partial charge in [-0.2, -0.15) is 4.31 Å². The summed E-state index contributed by atoms with van der Waals surface area (Å²) in [6.07, 6.45) is 2.94. The molecule has 112 valence electrons. The van der Waals surface area contributed by atoms with Crippen LogP contribution in [0.25, 0.3) is 10.8 Å². The largest absolute Gasteiger partial charge is 0.243 e. The maximum absolute atomic E-state index is 13.0. The van der Waals surface area contributed by atoms with Crippen LogP contribution in [0.2, 0.25) is 5.02 Å². The summed E-state index contributed by atoms with van der Waals surface area (Å²) in [5, 5.41) is 2.06. The fourth-order valence-corrected chi connectivity index (χ4v) is 5.14. The molecule has 0 bridgehead atoms. The van der Waals surface area contributed by atoms with Gasteiger partial charge >= 0.3 is 0 Å². The SMILES string of the molecule is C[C@H]1CCCCN1S(=O)(=O)c1ccc(Cl)c2ccccc12. The summed E-state index contributed by atoms with van der Waals surface area (Å²) in [6.45, 7) is 2.58. The van der Waals surface area contributed by atoms with Crippen LogP contribution in [0.5, 0.6) is 0 Å². The van der Waals surface area contributed by atoms with E-state index in [1.165, 1.54) is 0 Å². The first-order chi connectivity index (χ1) is 10.0. The lowest BCUT2D eigenvalue weighted by molar-refractivity contribution is 0.269. The summed E-state index contributed by atoms with van der Waals surface area (Å²) in [4.78, 5) is 0.358. The van der Waals surface area contributed by atoms with E-state index in [0.717, 1.165) is 24.6 Å². The molecule has 1 aliphatic heterocycles. The van der Waals surface area contributed by atoms with Gasteiger partial charge in [0, 0.05) is 28.4 Å². The number of sulfonamides is 1. The zero-order valence-electron chi connectivity index (χ0n) is 11.9. The summed E-state index contributed by atoms with van der Waals surface area (Å²) < 4.78 is 27.6. The summed E-state index contributed by atoms with van der Waals surface area (Å²) in [6, 6.07) is 10.7. The topological polar surface area (TPSA) is 37.4 Å². The molecule has 1 saturated heterocycles. The zero-order valence-corrected chi connectivity index (χ0v) is 13.5. The summed E-state index contributed by atoms with van der Waals surface area (Å²) in [7, 11) is -3.48. The van der Waals surface area contributed by atoms with Gasteiger partial charge in [-0.05, 0) is 31.9 Å². The van der Waals surface area contributed by atoms with E-state index in [2.05, 4.69) is 0 Å². The van der Waals surface area contributed by atoms with E-state index < -0.39 is 10.0 Å². The molecule has 1 aliphatic rings. The smallest absolute Gasteiger partial charge is 0.207 e. The maximum Gasteiger partial charge on any atom is 0.243 e. The lowest BCUT2D eigenvalue weighted by Gasteiger charge is -2.32. The Morgan fingerprint density at radius 3 is 2.52 bits per heavy atom. The van der Waals surface area contributed by atoms with Gasteiger partial charge in [0.15, 0.2) is 0 Å². The lowest BCUT2D eigenvalue weighted by atomic mass is 10.1. The molecule has 1 fully saturated rings. The molecule has 0 saturated carbocycles. The maximum atomic E-state index is 13.0. The second-order valence-electron chi connectivity index (χ2n) is 5.55. The molecule has 0 aromatic heterocycles. The van der Waals surface area contributed by atoms with E-state index in [-0.39, 0.29) is 6.04 Å². The molecule has 1 heterocycles. The van der Waals surface area contributed by atoms with Crippen LogP contribution in [-0.4, -0.2) is 25.3 Å². The van der Waals surface area contributed by atoms with Crippen LogP contribution in [0, 0.1) is 0 Å². The number of nitrogens with zero attached hydrogens (tertiary/aromatic N) is 1. The predicted octanol–water partition coefficient (Wildman–Crippen LogP) is 4.06. The predicted molar refractivity (Wildman–Crippen MR) is 86.2 cm³/mol. The van der Waals surface area contributed by atoms with Gasteiger partial charge in [-0.1, -0.05) is 42.3 Å². The molecular formula is C16H18ClNO2S. The Morgan fingerprint density at radius 1 is 1.10 bits per heavy atom. The first-order valence-electron chi connectivity index (χ1n) is 7.21. The Bertz CT molecular complexity index is 773. The first-order valence-corrected chi connectivity index (χ1v) is 9.03. The molecule has 0 aliphatic carbocycles. The minimum Gasteiger partial charge on any atom is -0.207 e. The molecule has 1 atom stereocenters. The van der Waals surface area contributed by atoms with E-state index in [9.17, 15) is 8.42 Å². The number of rotatable bonds is 2. The van der Waals surface area contributed by atoms with E-state index in [0.29, 0.717) is 21.8 Å². The van der Waals surface area contributed by atoms with Crippen molar-refractivity contribution in [3.8, 4) is 0 Å². The Labute approximate surface area is 130 Å². The quantitative estimate of drug-likeness (QED) is 0.836. The average Bonchev–Trinajstić information content (AvgIpc) is 2.48. The second kappa shape index (κ2) is 5.59. The van der Waals surface area contributed by atoms with Gasteiger partial charge in [0.1, 0.15) is 0 Å². The Morgan fingerprint density at radius 2 is 1.81 bits per heavy atom. The van der Waals surface area contributed by atoms with Crippen molar-refractivity contribution in [1.29, 1.82) is 0 Å². The van der Waals surface area contributed by atoms with Crippen LogP contribution in [0.4, 0.5) is 0 Å². The van der Waals surface area contributed by atoms with Crippen LogP contribution in [0.3, 0.4) is 0 Å². The molecule has 0 unspecified atom stereocenters. The number of hydrogen-bond donors (Lipinski definition) is 0. The van der Waals surface area contributed by atoms with E-state index in [1.54, 1.807) is 16.4 Å². The van der Waals surface area contributed by atoms with Crippen LogP contribution < -0.4 is 0 Å². The van der Waals surface area contributed by atoms with Crippen molar-refractivity contribution < 1.29 is 8.42 Å². The number of hydrogen-bond acceptors (Lipinski definition) is 2. The summed E-state index contributed by atoms with van der Waals surface area (Å²) >= 11 is 6.19. The molecule has 21 heavy (non-hydrogen) atoms. The number of benzene rings is 2. The van der Waals surface area contributed by atoms with Crippen molar-refractivity contribution >= 4 is 32.4 Å². The molecule has 3 rings (SSSR count). The number of halogens is 1. The van der Waals surface area contributed by atoms with Crippen molar-refractivity contribution in [3.05, 3.63) is 41.4 Å². The molecule has 0 radical (unpaired) electrons. The van der Waals surface area contributed by atoms with Gasteiger partial charge in [-0.25, -0.2) is 8.42 Å². The molecule has 0 amide bonds. The van der Waals surface area contributed by atoms with Crippen molar-refractivity contribution in [2.24, 2.45) is 0 Å². The van der Waals surface area contributed by atoms with E-state index in [4.69, 9.17) is 11.6 Å². The fraction of sp³-hybridized carbons (Fsp3) is 0.375. The van der Waals surface area contributed by atoms with Crippen molar-refractivity contribution in [2.45, 2.75) is 37.1 Å². The Balaban J connectivity index is 2.17. The van der Waals surface area contributed by atoms with Crippen LogP contribution in [-0.2, 0) is 10.0 Å². The molecule has 2 aromatic rings. The monoisotopic (exact) mass is 323 g/mol. The van der Waals surface area contributed by atoms with Gasteiger partial charge in [-0.15, -0.1) is 0 Å². The molecule has 3 nitrogen and oxygen atoms in total. The highest BCUT2D eigenvalue weighted by atomic mass is 35.5. The third-order valence-corrected chi connectivity index (χ3v) is 6.56. The van der Waals surface area contributed by atoms with Crippen molar-refractivity contribution in [3.63, 3.8) is 0 Å². The van der Waals surface area contributed by atoms with Crippen molar-refractivity contribution in [2.75, 3.05) is 6.54 Å². The molecule has 2 aromatic carbocycles. The molecular weight excluding hydrogens is 306 g/mol. The highest BCUT2D eigenvalue weighted by Gasteiger charge is 2.32. The molecule has 0 spiro atoms. The molecule has 0 N–H and O–H groups in total. The average molecular weight is 324 g/mol. The highest BCUT2D eigenvalue weighted by molar-refractivity contribution is 7.89. The van der Waals surface area contributed by atoms with Crippen molar-refractivity contribution in [1.82, 2.24) is 4.31 Å². The van der Waals surface area contributed by atoms with E-state index in [1.807, 2.05) is 31.2 Å². The van der Waals surface area contributed by atoms with E-state index >= 15 is 0 Å².